The van der Waals surface area contributed by atoms with Crippen LogP contribution in [0, 0.1) is 0 Å². The SMILES string of the molecule is CC(=O)NCSCCC(NC(=O)OCC1c2ccccc2-c2ccccc21)C(=O)O. The van der Waals surface area contributed by atoms with E-state index in [0.29, 0.717) is 11.6 Å². The van der Waals surface area contributed by atoms with Crippen LogP contribution < -0.4 is 10.6 Å². The Hall–Kier alpha value is -3.00. The number of rotatable bonds is 9. The number of alkyl carbamates (subject to hydrolysis) is 1. The van der Waals surface area contributed by atoms with Crippen LogP contribution in [0.3, 0.4) is 0 Å². The molecule has 3 N–H and O–H groups in total. The molecule has 0 aromatic heterocycles. The predicted molar refractivity (Wildman–Crippen MR) is 115 cm³/mol. The van der Waals surface area contributed by atoms with Crippen LogP contribution in [0.2, 0.25) is 0 Å². The van der Waals surface area contributed by atoms with E-state index < -0.39 is 18.1 Å². The number of hydrogen-bond acceptors (Lipinski definition) is 5. The number of carbonyl (C=O) groups is 3. The number of nitrogens with one attached hydrogen (secondary N) is 2. The summed E-state index contributed by atoms with van der Waals surface area (Å²) in [5.74, 6) is -0.481. The molecule has 1 aliphatic rings. The van der Waals surface area contributed by atoms with Gasteiger partial charge in [-0.3, -0.25) is 4.79 Å². The minimum atomic E-state index is -1.12. The first-order valence-corrected chi connectivity index (χ1v) is 10.8. The fourth-order valence-electron chi connectivity index (χ4n) is 3.47. The van der Waals surface area contributed by atoms with Crippen molar-refractivity contribution in [3.8, 4) is 11.1 Å². The quantitative estimate of drug-likeness (QED) is 0.419. The fraction of sp³-hybridized carbons (Fsp3) is 0.318. The fourth-order valence-corrected chi connectivity index (χ4v) is 4.32. The van der Waals surface area contributed by atoms with Gasteiger partial charge in [0, 0.05) is 12.8 Å². The number of thioether (sulfide) groups is 1. The lowest BCUT2D eigenvalue weighted by molar-refractivity contribution is -0.139. The van der Waals surface area contributed by atoms with Gasteiger partial charge in [0.2, 0.25) is 5.91 Å². The van der Waals surface area contributed by atoms with Gasteiger partial charge in [-0.2, -0.15) is 0 Å². The summed E-state index contributed by atoms with van der Waals surface area (Å²) in [4.78, 5) is 34.5. The lowest BCUT2D eigenvalue weighted by atomic mass is 9.98. The highest BCUT2D eigenvalue weighted by Crippen LogP contribution is 2.44. The summed E-state index contributed by atoms with van der Waals surface area (Å²) in [5.41, 5.74) is 4.44. The van der Waals surface area contributed by atoms with Gasteiger partial charge in [-0.25, -0.2) is 9.59 Å². The van der Waals surface area contributed by atoms with Crippen molar-refractivity contribution in [3.63, 3.8) is 0 Å². The van der Waals surface area contributed by atoms with Crippen molar-refractivity contribution in [2.45, 2.75) is 25.3 Å². The molecule has 2 aromatic carbocycles. The number of fused-ring (bicyclic) bond motifs is 3. The second-order valence-electron chi connectivity index (χ2n) is 6.93. The summed E-state index contributed by atoms with van der Waals surface area (Å²) >= 11 is 1.39. The molecule has 0 fully saturated rings. The molecule has 1 atom stereocenters. The zero-order valence-corrected chi connectivity index (χ0v) is 17.4. The van der Waals surface area contributed by atoms with Crippen molar-refractivity contribution in [3.05, 3.63) is 59.7 Å². The molecule has 0 saturated heterocycles. The second kappa shape index (κ2) is 10.2. The number of aliphatic carboxylic acids is 1. The highest BCUT2D eigenvalue weighted by molar-refractivity contribution is 7.99. The molecule has 0 aliphatic heterocycles. The van der Waals surface area contributed by atoms with E-state index in [1.807, 2.05) is 48.5 Å². The Labute approximate surface area is 179 Å². The number of benzene rings is 2. The Morgan fingerprint density at radius 1 is 1.07 bits per heavy atom. The van der Waals surface area contributed by atoms with Crippen LogP contribution in [0.4, 0.5) is 4.79 Å². The lowest BCUT2D eigenvalue weighted by Gasteiger charge is -2.17. The highest BCUT2D eigenvalue weighted by atomic mass is 32.2. The molecule has 1 unspecified atom stereocenters. The number of carboxylic acids is 1. The summed E-state index contributed by atoms with van der Waals surface area (Å²) in [7, 11) is 0. The first kappa shape index (κ1) is 21.7. The van der Waals surface area contributed by atoms with E-state index in [4.69, 9.17) is 4.74 Å². The number of hydrogen-bond donors (Lipinski definition) is 3. The van der Waals surface area contributed by atoms with Crippen molar-refractivity contribution < 1.29 is 24.2 Å². The summed E-state index contributed by atoms with van der Waals surface area (Å²) in [6.45, 7) is 1.54. The first-order chi connectivity index (χ1) is 14.5. The van der Waals surface area contributed by atoms with E-state index in [1.54, 1.807) is 0 Å². The Kier molecular flexibility index (Phi) is 7.35. The number of carbonyl (C=O) groups excluding carboxylic acids is 2. The smallest absolute Gasteiger partial charge is 0.407 e. The van der Waals surface area contributed by atoms with Crippen LogP contribution in [0.15, 0.2) is 48.5 Å². The number of ether oxygens (including phenoxy) is 1. The third-order valence-electron chi connectivity index (χ3n) is 4.91. The van der Waals surface area contributed by atoms with Gasteiger partial charge in [-0.1, -0.05) is 48.5 Å². The van der Waals surface area contributed by atoms with Gasteiger partial charge in [0.15, 0.2) is 0 Å². The molecular formula is C22H24N2O5S. The maximum Gasteiger partial charge on any atom is 0.407 e. The topological polar surface area (TPSA) is 105 Å². The van der Waals surface area contributed by atoms with Crippen LogP contribution in [0.5, 0.6) is 0 Å². The zero-order chi connectivity index (χ0) is 21.5. The van der Waals surface area contributed by atoms with E-state index in [2.05, 4.69) is 10.6 Å². The zero-order valence-electron chi connectivity index (χ0n) is 16.6. The molecule has 8 heteroatoms. The van der Waals surface area contributed by atoms with E-state index >= 15 is 0 Å². The van der Waals surface area contributed by atoms with Gasteiger partial charge in [-0.05, 0) is 34.4 Å². The van der Waals surface area contributed by atoms with Gasteiger partial charge in [0.1, 0.15) is 12.6 Å². The van der Waals surface area contributed by atoms with Gasteiger partial charge >= 0.3 is 12.1 Å². The van der Waals surface area contributed by atoms with E-state index in [9.17, 15) is 19.5 Å². The minimum Gasteiger partial charge on any atom is -0.480 e. The largest absolute Gasteiger partial charge is 0.480 e. The summed E-state index contributed by atoms with van der Waals surface area (Å²) in [6.07, 6.45) is -0.528. The maximum atomic E-state index is 12.3. The van der Waals surface area contributed by atoms with Gasteiger partial charge in [0.05, 0.1) is 5.88 Å². The van der Waals surface area contributed by atoms with Crippen molar-refractivity contribution in [1.82, 2.24) is 10.6 Å². The summed E-state index contributed by atoms with van der Waals surface area (Å²) < 4.78 is 5.40. The Balaban J connectivity index is 1.54. The van der Waals surface area contributed by atoms with Crippen LogP contribution in [0.25, 0.3) is 11.1 Å². The average Bonchev–Trinajstić information content (AvgIpc) is 3.04. The van der Waals surface area contributed by atoms with Crippen molar-refractivity contribution in [2.75, 3.05) is 18.2 Å². The molecule has 7 nitrogen and oxygen atoms in total. The molecule has 0 bridgehead atoms. The molecule has 30 heavy (non-hydrogen) atoms. The Morgan fingerprint density at radius 2 is 1.67 bits per heavy atom. The molecule has 0 radical (unpaired) electrons. The molecule has 158 valence electrons. The Morgan fingerprint density at radius 3 is 2.23 bits per heavy atom. The van der Waals surface area contributed by atoms with Crippen LogP contribution in [0.1, 0.15) is 30.4 Å². The van der Waals surface area contributed by atoms with E-state index in [1.165, 1.54) is 18.7 Å². The predicted octanol–water partition coefficient (Wildman–Crippen LogP) is 3.20. The molecule has 2 aromatic rings. The monoisotopic (exact) mass is 428 g/mol. The van der Waals surface area contributed by atoms with Gasteiger partial charge in [0.25, 0.3) is 0 Å². The number of amides is 2. The van der Waals surface area contributed by atoms with E-state index in [-0.39, 0.29) is 24.9 Å². The lowest BCUT2D eigenvalue weighted by Crippen LogP contribution is -2.41. The Bertz CT molecular complexity index is 888. The summed E-state index contributed by atoms with van der Waals surface area (Å²) in [5, 5.41) is 14.4. The second-order valence-corrected chi connectivity index (χ2v) is 8.04. The first-order valence-electron chi connectivity index (χ1n) is 9.64. The van der Waals surface area contributed by atoms with Crippen LogP contribution >= 0.6 is 11.8 Å². The molecule has 0 heterocycles. The van der Waals surface area contributed by atoms with Gasteiger partial charge in [-0.15, -0.1) is 11.8 Å². The molecular weight excluding hydrogens is 404 g/mol. The number of carboxylic acid groups (broad SMARTS) is 1. The third-order valence-corrected chi connectivity index (χ3v) is 5.78. The van der Waals surface area contributed by atoms with E-state index in [0.717, 1.165) is 22.3 Å². The normalized spacial score (nSPS) is 13.1. The highest BCUT2D eigenvalue weighted by Gasteiger charge is 2.29. The third kappa shape index (κ3) is 5.33. The van der Waals surface area contributed by atoms with Crippen molar-refractivity contribution in [2.24, 2.45) is 0 Å². The molecule has 2 amide bonds. The molecule has 0 saturated carbocycles. The van der Waals surface area contributed by atoms with Crippen molar-refractivity contribution in [1.29, 1.82) is 0 Å². The van der Waals surface area contributed by atoms with Gasteiger partial charge < -0.3 is 20.5 Å². The minimum absolute atomic E-state index is 0.0837. The molecule has 3 rings (SSSR count). The summed E-state index contributed by atoms with van der Waals surface area (Å²) in [6, 6.07) is 15.0. The van der Waals surface area contributed by atoms with Crippen molar-refractivity contribution >= 4 is 29.7 Å². The average molecular weight is 429 g/mol. The van der Waals surface area contributed by atoms with Crippen LogP contribution in [-0.4, -0.2) is 47.4 Å². The molecule has 1 aliphatic carbocycles. The maximum absolute atomic E-state index is 12.3. The standard InChI is InChI=1S/C22H24N2O5S/c1-14(25)23-13-30-11-10-20(21(26)27)24-22(28)29-12-19-17-8-4-2-6-15(17)16-7-3-5-9-18(16)19/h2-9,19-20H,10-13H2,1H3,(H,23,25)(H,24,28)(H,26,27). The van der Waals surface area contributed by atoms with Crippen LogP contribution in [-0.2, 0) is 14.3 Å². The molecule has 0 spiro atoms.